The van der Waals surface area contributed by atoms with E-state index in [4.69, 9.17) is 0 Å². The molecule has 1 aromatic carbocycles. The summed E-state index contributed by atoms with van der Waals surface area (Å²) >= 11 is 0. The van der Waals surface area contributed by atoms with Gasteiger partial charge in [-0.25, -0.2) is 4.68 Å². The molecule has 2 heterocycles. The number of ketones is 1. The molecule has 0 bridgehead atoms. The van der Waals surface area contributed by atoms with Gasteiger partial charge in [0.2, 0.25) is 5.78 Å². The van der Waals surface area contributed by atoms with E-state index in [1.54, 1.807) is 27.8 Å². The molecule has 0 saturated carbocycles. The molecule has 0 radical (unpaired) electrons. The fourth-order valence-corrected chi connectivity index (χ4v) is 2.37. The first-order chi connectivity index (χ1) is 10.2. The molecule has 2 aromatic heterocycles. The topological polar surface area (TPSA) is 52.7 Å². The number of nitrogens with zero attached hydrogens (tertiary/aromatic N) is 4. The molecule has 0 spiro atoms. The van der Waals surface area contributed by atoms with Crippen LogP contribution in [0.2, 0.25) is 0 Å². The van der Waals surface area contributed by atoms with Crippen LogP contribution in [0.5, 0.6) is 0 Å². The molecule has 0 aliphatic rings. The number of hydrogen-bond donors (Lipinski definition) is 0. The molecule has 21 heavy (non-hydrogen) atoms. The van der Waals surface area contributed by atoms with Crippen molar-refractivity contribution in [3.05, 3.63) is 65.7 Å². The highest BCUT2D eigenvalue weighted by molar-refractivity contribution is 6.08. The maximum absolute atomic E-state index is 12.8. The van der Waals surface area contributed by atoms with Crippen LogP contribution in [0, 0.1) is 0 Å². The molecule has 0 aliphatic carbocycles. The number of benzene rings is 1. The van der Waals surface area contributed by atoms with E-state index in [9.17, 15) is 4.79 Å². The van der Waals surface area contributed by atoms with Crippen LogP contribution in [0.25, 0.3) is 5.69 Å². The van der Waals surface area contributed by atoms with Gasteiger partial charge in [-0.1, -0.05) is 25.1 Å². The zero-order chi connectivity index (χ0) is 14.8. The third kappa shape index (κ3) is 2.38. The van der Waals surface area contributed by atoms with E-state index in [0.29, 0.717) is 11.3 Å². The van der Waals surface area contributed by atoms with Gasteiger partial charge in [0.1, 0.15) is 5.69 Å². The first-order valence-electron chi connectivity index (χ1n) is 6.87. The lowest BCUT2D eigenvalue weighted by atomic mass is 10.1. The fourth-order valence-electron chi connectivity index (χ4n) is 2.37. The van der Waals surface area contributed by atoms with Crippen LogP contribution >= 0.6 is 0 Å². The van der Waals surface area contributed by atoms with E-state index >= 15 is 0 Å². The second kappa shape index (κ2) is 5.36. The Labute approximate surface area is 122 Å². The van der Waals surface area contributed by atoms with Crippen LogP contribution in [0.1, 0.15) is 28.7 Å². The highest BCUT2D eigenvalue weighted by Crippen LogP contribution is 2.17. The van der Waals surface area contributed by atoms with Crippen molar-refractivity contribution in [2.45, 2.75) is 13.3 Å². The Morgan fingerprint density at radius 2 is 1.95 bits per heavy atom. The van der Waals surface area contributed by atoms with Crippen molar-refractivity contribution >= 4 is 5.78 Å². The summed E-state index contributed by atoms with van der Waals surface area (Å²) in [6.07, 6.45) is 4.13. The Morgan fingerprint density at radius 3 is 2.67 bits per heavy atom. The van der Waals surface area contributed by atoms with Gasteiger partial charge in [0.05, 0.1) is 23.1 Å². The minimum atomic E-state index is -0.0543. The van der Waals surface area contributed by atoms with Gasteiger partial charge in [-0.3, -0.25) is 9.48 Å². The highest BCUT2D eigenvalue weighted by atomic mass is 16.1. The molecule has 0 unspecified atom stereocenters. The zero-order valence-electron chi connectivity index (χ0n) is 12.0. The number of rotatable bonds is 4. The Bertz CT molecular complexity index is 771. The predicted octanol–water partition coefficient (Wildman–Crippen LogP) is 2.40. The molecular formula is C16H16N4O. The number of hydrogen-bond acceptors (Lipinski definition) is 3. The van der Waals surface area contributed by atoms with Gasteiger partial charge in [-0.2, -0.15) is 10.2 Å². The van der Waals surface area contributed by atoms with E-state index in [0.717, 1.165) is 17.8 Å². The third-order valence-corrected chi connectivity index (χ3v) is 3.36. The maximum Gasteiger partial charge on any atom is 0.214 e. The van der Waals surface area contributed by atoms with Crippen LogP contribution in [0.15, 0.2) is 48.8 Å². The Kier molecular flexibility index (Phi) is 3.39. The van der Waals surface area contributed by atoms with Crippen molar-refractivity contribution in [2.24, 2.45) is 7.05 Å². The van der Waals surface area contributed by atoms with Gasteiger partial charge in [0.25, 0.3) is 0 Å². The molecule has 0 saturated heterocycles. The predicted molar refractivity (Wildman–Crippen MR) is 79.6 cm³/mol. The summed E-state index contributed by atoms with van der Waals surface area (Å²) in [5, 5.41) is 8.59. The second-order valence-electron chi connectivity index (χ2n) is 4.81. The van der Waals surface area contributed by atoms with Crippen LogP contribution in [0.4, 0.5) is 0 Å². The van der Waals surface area contributed by atoms with E-state index in [2.05, 4.69) is 10.2 Å². The molecule has 0 atom stereocenters. The quantitative estimate of drug-likeness (QED) is 0.690. The fraction of sp³-hybridized carbons (Fsp3) is 0.188. The molecular weight excluding hydrogens is 264 g/mol. The van der Waals surface area contributed by atoms with Crippen LogP contribution in [-0.2, 0) is 13.5 Å². The monoisotopic (exact) mass is 280 g/mol. The highest BCUT2D eigenvalue weighted by Gasteiger charge is 2.20. The summed E-state index contributed by atoms with van der Waals surface area (Å²) in [4.78, 5) is 12.8. The summed E-state index contributed by atoms with van der Waals surface area (Å²) in [6.45, 7) is 1.99. The lowest BCUT2D eigenvalue weighted by Crippen LogP contribution is -2.11. The molecule has 0 fully saturated rings. The van der Waals surface area contributed by atoms with Gasteiger partial charge >= 0.3 is 0 Å². The van der Waals surface area contributed by atoms with Crippen molar-refractivity contribution in [1.82, 2.24) is 19.6 Å². The first-order valence-corrected chi connectivity index (χ1v) is 6.87. The van der Waals surface area contributed by atoms with Crippen molar-refractivity contribution in [3.63, 3.8) is 0 Å². The smallest absolute Gasteiger partial charge is 0.214 e. The van der Waals surface area contributed by atoms with Crippen molar-refractivity contribution in [2.75, 3.05) is 0 Å². The van der Waals surface area contributed by atoms with E-state index in [1.807, 2.05) is 44.3 Å². The van der Waals surface area contributed by atoms with Crippen molar-refractivity contribution < 1.29 is 4.79 Å². The molecule has 3 aromatic rings. The molecule has 0 amide bonds. The minimum absolute atomic E-state index is 0.0543. The third-order valence-electron chi connectivity index (χ3n) is 3.36. The van der Waals surface area contributed by atoms with Crippen LogP contribution in [0.3, 0.4) is 0 Å². The zero-order valence-corrected chi connectivity index (χ0v) is 12.0. The Morgan fingerprint density at radius 1 is 1.19 bits per heavy atom. The number of aryl methyl sites for hydroxylation is 2. The minimum Gasteiger partial charge on any atom is -0.287 e. The van der Waals surface area contributed by atoms with Gasteiger partial charge in [0, 0.05) is 13.2 Å². The molecule has 5 heteroatoms. The average Bonchev–Trinajstić information content (AvgIpc) is 3.13. The van der Waals surface area contributed by atoms with E-state index in [1.165, 1.54) is 0 Å². The van der Waals surface area contributed by atoms with E-state index < -0.39 is 0 Å². The van der Waals surface area contributed by atoms with Gasteiger partial charge in [0.15, 0.2) is 0 Å². The van der Waals surface area contributed by atoms with Crippen molar-refractivity contribution in [3.8, 4) is 5.69 Å². The van der Waals surface area contributed by atoms with Crippen LogP contribution in [-0.4, -0.2) is 25.3 Å². The van der Waals surface area contributed by atoms with Gasteiger partial charge in [-0.15, -0.1) is 0 Å². The summed E-state index contributed by atoms with van der Waals surface area (Å²) in [7, 11) is 1.82. The van der Waals surface area contributed by atoms with Crippen molar-refractivity contribution in [1.29, 1.82) is 0 Å². The number of para-hydroxylation sites is 1. The molecule has 5 nitrogen and oxygen atoms in total. The maximum atomic E-state index is 12.8. The standard InChI is InChI=1S/C16H16N4O/c1-3-14-13(11-19(2)18-14)16(21)15-9-10-17-20(15)12-7-5-4-6-8-12/h4-11H,3H2,1-2H3. The summed E-state index contributed by atoms with van der Waals surface area (Å²) < 4.78 is 3.34. The molecule has 0 N–H and O–H groups in total. The summed E-state index contributed by atoms with van der Waals surface area (Å²) in [5.41, 5.74) is 2.86. The lowest BCUT2D eigenvalue weighted by molar-refractivity contribution is 0.103. The number of carbonyl (C=O) groups excluding carboxylic acids is 1. The number of carbonyl (C=O) groups is 1. The second-order valence-corrected chi connectivity index (χ2v) is 4.81. The SMILES string of the molecule is CCc1nn(C)cc1C(=O)c1ccnn1-c1ccccc1. The molecule has 0 aliphatic heterocycles. The van der Waals surface area contributed by atoms with Crippen LogP contribution < -0.4 is 0 Å². The average molecular weight is 280 g/mol. The van der Waals surface area contributed by atoms with Gasteiger partial charge in [-0.05, 0) is 24.6 Å². The Balaban J connectivity index is 2.06. The van der Waals surface area contributed by atoms with E-state index in [-0.39, 0.29) is 5.78 Å². The summed E-state index contributed by atoms with van der Waals surface area (Å²) in [5.74, 6) is -0.0543. The normalized spacial score (nSPS) is 10.8. The Hall–Kier alpha value is -2.69. The molecule has 3 rings (SSSR count). The van der Waals surface area contributed by atoms with Gasteiger partial charge < -0.3 is 0 Å². The molecule has 106 valence electrons. The largest absolute Gasteiger partial charge is 0.287 e. The lowest BCUT2D eigenvalue weighted by Gasteiger charge is -2.06. The summed E-state index contributed by atoms with van der Waals surface area (Å²) in [6, 6.07) is 11.4. The number of aromatic nitrogens is 4. The first kappa shape index (κ1) is 13.3.